The van der Waals surface area contributed by atoms with Gasteiger partial charge in [0.2, 0.25) is 0 Å². The Hall–Kier alpha value is -1.31. The molecule has 1 N–H and O–H groups in total. The van der Waals surface area contributed by atoms with Crippen LogP contribution in [-0.4, -0.2) is 6.34 Å². The summed E-state index contributed by atoms with van der Waals surface area (Å²) in [7, 11) is 0. The van der Waals surface area contributed by atoms with Gasteiger partial charge in [-0.2, -0.15) is 0 Å². The average Bonchev–Trinajstić information content (AvgIpc) is 1.94. The Morgan fingerprint density at radius 2 is 2.27 bits per heavy atom. The molecule has 1 rings (SSSR count). The topological polar surface area (TPSA) is 24.4 Å². The van der Waals surface area contributed by atoms with Crippen LogP contribution in [0.2, 0.25) is 0 Å². The van der Waals surface area contributed by atoms with Crippen molar-refractivity contribution in [2.75, 3.05) is 0 Å². The molecule has 0 fully saturated rings. The van der Waals surface area contributed by atoms with Crippen LogP contribution in [0.3, 0.4) is 0 Å². The molecule has 0 bridgehead atoms. The van der Waals surface area contributed by atoms with Gasteiger partial charge in [-0.15, -0.1) is 0 Å². The Kier molecular flexibility index (Phi) is 1.94. The van der Waals surface area contributed by atoms with Crippen LogP contribution in [-0.2, 0) is 0 Å². The third kappa shape index (κ3) is 1.40. The van der Waals surface area contributed by atoms with E-state index in [0.717, 1.165) is 22.5 Å². The second-order valence-corrected chi connectivity index (χ2v) is 2.64. The van der Waals surface area contributed by atoms with E-state index in [2.05, 4.69) is 23.5 Å². The maximum Gasteiger partial charge on any atom is 0.0930 e. The Morgan fingerprint density at radius 1 is 1.64 bits per heavy atom. The zero-order valence-corrected chi connectivity index (χ0v) is 6.94. The minimum absolute atomic E-state index is 0.901. The van der Waals surface area contributed by atoms with Crippen molar-refractivity contribution in [1.82, 2.24) is 5.32 Å². The van der Waals surface area contributed by atoms with Crippen molar-refractivity contribution in [2.24, 2.45) is 4.99 Å². The molecule has 0 aromatic carbocycles. The number of hydrogen-bond acceptors (Lipinski definition) is 2. The lowest BCUT2D eigenvalue weighted by Gasteiger charge is -2.14. The van der Waals surface area contributed by atoms with Crippen LogP contribution in [0, 0.1) is 0 Å². The van der Waals surface area contributed by atoms with Crippen molar-refractivity contribution in [2.45, 2.75) is 13.8 Å². The summed E-state index contributed by atoms with van der Waals surface area (Å²) in [4.78, 5) is 4.14. The maximum absolute atomic E-state index is 4.14. The second kappa shape index (κ2) is 2.74. The fourth-order valence-electron chi connectivity index (χ4n) is 0.953. The number of allylic oxidation sites excluding steroid dienone is 2. The van der Waals surface area contributed by atoms with E-state index < -0.39 is 0 Å². The lowest BCUT2D eigenvalue weighted by atomic mass is 10.1. The molecule has 1 heterocycles. The summed E-state index contributed by atoms with van der Waals surface area (Å²) >= 11 is 0. The highest BCUT2D eigenvalue weighted by Crippen LogP contribution is 2.19. The monoisotopic (exact) mass is 148 g/mol. The van der Waals surface area contributed by atoms with E-state index in [9.17, 15) is 0 Å². The Morgan fingerprint density at radius 3 is 2.73 bits per heavy atom. The predicted octanol–water partition coefficient (Wildman–Crippen LogP) is 1.98. The molecule has 0 aliphatic carbocycles. The number of aliphatic imine (C=N–C) groups is 1. The Bertz CT molecular complexity index is 269. The summed E-state index contributed by atoms with van der Waals surface area (Å²) in [5.74, 6) is 0. The molecule has 0 spiro atoms. The third-order valence-corrected chi connectivity index (χ3v) is 1.64. The minimum Gasteiger partial charge on any atom is -0.347 e. The first kappa shape index (κ1) is 7.79. The summed E-state index contributed by atoms with van der Waals surface area (Å²) in [6, 6.07) is 0. The zero-order valence-electron chi connectivity index (χ0n) is 6.94. The molecule has 1 aliphatic rings. The van der Waals surface area contributed by atoms with Crippen LogP contribution in [0.25, 0.3) is 0 Å². The molecular weight excluding hydrogens is 136 g/mol. The van der Waals surface area contributed by atoms with Crippen LogP contribution in [0.1, 0.15) is 13.8 Å². The molecule has 2 nitrogen and oxygen atoms in total. The van der Waals surface area contributed by atoms with Gasteiger partial charge in [-0.05, 0) is 25.0 Å². The number of nitrogens with zero attached hydrogens (tertiary/aromatic N) is 1. The number of nitrogens with one attached hydrogen (secondary N) is 1. The van der Waals surface area contributed by atoms with Gasteiger partial charge >= 0.3 is 0 Å². The van der Waals surface area contributed by atoms with E-state index >= 15 is 0 Å². The molecule has 0 saturated carbocycles. The molecule has 0 atom stereocenters. The second-order valence-electron chi connectivity index (χ2n) is 2.64. The quantitative estimate of drug-likeness (QED) is 0.604. The largest absolute Gasteiger partial charge is 0.347 e. The molecule has 0 radical (unpaired) electrons. The van der Waals surface area contributed by atoms with Gasteiger partial charge in [0.05, 0.1) is 12.0 Å². The lowest BCUT2D eigenvalue weighted by Crippen LogP contribution is -2.16. The first-order valence-electron chi connectivity index (χ1n) is 3.48. The van der Waals surface area contributed by atoms with E-state index in [4.69, 9.17) is 0 Å². The van der Waals surface area contributed by atoms with E-state index in [1.165, 1.54) is 0 Å². The number of rotatable bonds is 1. The summed E-state index contributed by atoms with van der Waals surface area (Å²) in [6.45, 7) is 11.6. The molecule has 2 heteroatoms. The minimum atomic E-state index is 0.901. The van der Waals surface area contributed by atoms with Crippen LogP contribution < -0.4 is 5.32 Å². The van der Waals surface area contributed by atoms with E-state index in [-0.39, 0.29) is 0 Å². The molecule has 1 aliphatic heterocycles. The van der Waals surface area contributed by atoms with Gasteiger partial charge in [-0.3, -0.25) is 0 Å². The van der Waals surface area contributed by atoms with Crippen molar-refractivity contribution < 1.29 is 0 Å². The van der Waals surface area contributed by atoms with Crippen molar-refractivity contribution in [3.63, 3.8) is 0 Å². The van der Waals surface area contributed by atoms with Crippen molar-refractivity contribution in [3.05, 3.63) is 35.7 Å². The van der Waals surface area contributed by atoms with Crippen molar-refractivity contribution >= 4 is 6.34 Å². The van der Waals surface area contributed by atoms with Gasteiger partial charge < -0.3 is 5.32 Å². The molecule has 0 unspecified atom stereocenters. The molecule has 0 amide bonds. The van der Waals surface area contributed by atoms with Crippen molar-refractivity contribution in [1.29, 1.82) is 0 Å². The van der Waals surface area contributed by atoms with Crippen LogP contribution in [0.4, 0.5) is 0 Å². The molecule has 58 valence electrons. The standard InChI is InChI=1S/C9H12N2/c1-6(2)9-7(3)8(4)10-5-11-9/h5H,1,4H2,2-3H3,(H,10,11). The molecule has 0 aromatic heterocycles. The Labute approximate surface area is 67.0 Å². The van der Waals surface area contributed by atoms with Crippen LogP contribution >= 0.6 is 0 Å². The number of hydrogen-bond donors (Lipinski definition) is 1. The first-order valence-corrected chi connectivity index (χ1v) is 3.48. The highest BCUT2D eigenvalue weighted by atomic mass is 15.0. The summed E-state index contributed by atoms with van der Waals surface area (Å²) in [5.41, 5.74) is 3.88. The van der Waals surface area contributed by atoms with Gasteiger partial charge in [-0.25, -0.2) is 4.99 Å². The lowest BCUT2D eigenvalue weighted by molar-refractivity contribution is 1.06. The van der Waals surface area contributed by atoms with E-state index in [0.29, 0.717) is 0 Å². The van der Waals surface area contributed by atoms with Crippen molar-refractivity contribution in [3.8, 4) is 0 Å². The highest BCUT2D eigenvalue weighted by Gasteiger charge is 2.07. The maximum atomic E-state index is 4.14. The SMILES string of the molecule is C=C(C)C1=C(C)C(=C)NC=N1. The highest BCUT2D eigenvalue weighted by molar-refractivity contribution is 5.66. The fraction of sp³-hybridized carbons (Fsp3) is 0.222. The van der Waals surface area contributed by atoms with E-state index in [1.54, 1.807) is 6.34 Å². The third-order valence-electron chi connectivity index (χ3n) is 1.64. The molecular formula is C9H12N2. The van der Waals surface area contributed by atoms with Crippen LogP contribution in [0.5, 0.6) is 0 Å². The van der Waals surface area contributed by atoms with Gasteiger partial charge in [0.15, 0.2) is 0 Å². The normalized spacial score (nSPS) is 16.7. The summed E-state index contributed by atoms with van der Waals surface area (Å²) in [5, 5.41) is 2.93. The molecule has 11 heavy (non-hydrogen) atoms. The summed E-state index contributed by atoms with van der Waals surface area (Å²) < 4.78 is 0. The predicted molar refractivity (Wildman–Crippen MR) is 48.3 cm³/mol. The van der Waals surface area contributed by atoms with Gasteiger partial charge in [0.25, 0.3) is 0 Å². The Balaban J connectivity index is 3.08. The van der Waals surface area contributed by atoms with E-state index in [1.807, 2.05) is 13.8 Å². The fourth-order valence-corrected chi connectivity index (χ4v) is 0.953. The summed E-state index contributed by atoms with van der Waals surface area (Å²) in [6.07, 6.45) is 1.64. The van der Waals surface area contributed by atoms with Crippen LogP contribution in [0.15, 0.2) is 40.7 Å². The average molecular weight is 148 g/mol. The van der Waals surface area contributed by atoms with Gasteiger partial charge in [-0.1, -0.05) is 13.2 Å². The molecule has 0 aromatic rings. The zero-order chi connectivity index (χ0) is 8.43. The van der Waals surface area contributed by atoms with Gasteiger partial charge in [0, 0.05) is 5.70 Å². The smallest absolute Gasteiger partial charge is 0.0930 e. The molecule has 0 saturated heterocycles. The first-order chi connectivity index (χ1) is 5.13. The van der Waals surface area contributed by atoms with Gasteiger partial charge in [0.1, 0.15) is 0 Å².